The van der Waals surface area contributed by atoms with Crippen molar-refractivity contribution in [2.45, 2.75) is 32.2 Å². The van der Waals surface area contributed by atoms with E-state index in [2.05, 4.69) is 22.0 Å². The van der Waals surface area contributed by atoms with E-state index in [0.717, 1.165) is 39.1 Å². The Morgan fingerprint density at radius 2 is 2.05 bits per heavy atom. The predicted molar refractivity (Wildman–Crippen MR) is 81.3 cm³/mol. The highest BCUT2D eigenvalue weighted by Crippen LogP contribution is 2.30. The summed E-state index contributed by atoms with van der Waals surface area (Å²) in [4.78, 5) is 17.3. The van der Waals surface area contributed by atoms with E-state index in [1.807, 2.05) is 0 Å². The third-order valence-corrected chi connectivity index (χ3v) is 4.76. The van der Waals surface area contributed by atoms with Gasteiger partial charge in [0.15, 0.2) is 0 Å². The van der Waals surface area contributed by atoms with Crippen LogP contribution < -0.4 is 5.32 Å². The Labute approximate surface area is 128 Å². The smallest absolute Gasteiger partial charge is 0.229 e. The minimum Gasteiger partial charge on any atom is -0.339 e. The van der Waals surface area contributed by atoms with Crippen LogP contribution >= 0.6 is 24.8 Å². The Balaban J connectivity index is 0.000000902. The van der Waals surface area contributed by atoms with Crippen molar-refractivity contribution in [3.8, 4) is 0 Å². The van der Waals surface area contributed by atoms with Gasteiger partial charge < -0.3 is 10.2 Å². The van der Waals surface area contributed by atoms with Crippen molar-refractivity contribution in [3.05, 3.63) is 0 Å². The van der Waals surface area contributed by atoms with Crippen LogP contribution in [0.5, 0.6) is 0 Å². The molecule has 112 valence electrons. The van der Waals surface area contributed by atoms with E-state index < -0.39 is 0 Å². The van der Waals surface area contributed by atoms with E-state index >= 15 is 0 Å². The van der Waals surface area contributed by atoms with Crippen molar-refractivity contribution in [2.75, 3.05) is 39.3 Å². The van der Waals surface area contributed by atoms with Crippen molar-refractivity contribution in [2.24, 2.45) is 5.41 Å². The van der Waals surface area contributed by atoms with Crippen LogP contribution in [-0.4, -0.2) is 61.0 Å². The van der Waals surface area contributed by atoms with Gasteiger partial charge in [-0.25, -0.2) is 0 Å². The fraction of sp³-hybridized carbons (Fsp3) is 0.923. The Morgan fingerprint density at radius 1 is 1.26 bits per heavy atom. The van der Waals surface area contributed by atoms with Gasteiger partial charge in [0.05, 0.1) is 5.41 Å². The van der Waals surface area contributed by atoms with Crippen molar-refractivity contribution in [1.29, 1.82) is 0 Å². The fourth-order valence-electron chi connectivity index (χ4n) is 3.56. The summed E-state index contributed by atoms with van der Waals surface area (Å²) in [6.07, 6.45) is 3.58. The topological polar surface area (TPSA) is 35.6 Å². The molecule has 2 unspecified atom stereocenters. The van der Waals surface area contributed by atoms with E-state index in [-0.39, 0.29) is 30.2 Å². The SMILES string of the molecule is CC1(C(=O)N2CCN3CCCC3C2)CCNC1.Cl.Cl. The number of hydrogen-bond acceptors (Lipinski definition) is 3. The lowest BCUT2D eigenvalue weighted by molar-refractivity contribution is -0.142. The monoisotopic (exact) mass is 309 g/mol. The largest absolute Gasteiger partial charge is 0.339 e. The highest BCUT2D eigenvalue weighted by atomic mass is 35.5. The molecule has 19 heavy (non-hydrogen) atoms. The first-order valence-corrected chi connectivity index (χ1v) is 6.93. The second-order valence-corrected chi connectivity index (χ2v) is 6.07. The zero-order chi connectivity index (χ0) is 11.9. The molecule has 2 atom stereocenters. The average molecular weight is 310 g/mol. The second-order valence-electron chi connectivity index (χ2n) is 6.07. The molecule has 3 rings (SSSR count). The molecule has 3 aliphatic heterocycles. The molecule has 0 aromatic heterocycles. The summed E-state index contributed by atoms with van der Waals surface area (Å²) < 4.78 is 0. The molecule has 3 heterocycles. The zero-order valence-corrected chi connectivity index (χ0v) is 13.2. The Kier molecular flexibility index (Phi) is 5.93. The van der Waals surface area contributed by atoms with Crippen molar-refractivity contribution >= 4 is 30.7 Å². The summed E-state index contributed by atoms with van der Waals surface area (Å²) in [5.41, 5.74) is -0.138. The van der Waals surface area contributed by atoms with Gasteiger partial charge in [-0.15, -0.1) is 24.8 Å². The maximum Gasteiger partial charge on any atom is 0.229 e. The zero-order valence-electron chi connectivity index (χ0n) is 11.6. The summed E-state index contributed by atoms with van der Waals surface area (Å²) in [6.45, 7) is 8.20. The molecular formula is C13H25Cl2N3O. The Bertz CT molecular complexity index is 321. The molecule has 0 aliphatic carbocycles. The molecule has 3 aliphatic rings. The molecule has 1 amide bonds. The van der Waals surface area contributed by atoms with Gasteiger partial charge in [0, 0.05) is 32.2 Å². The molecule has 1 N–H and O–H groups in total. The van der Waals surface area contributed by atoms with Gasteiger partial charge in [0.25, 0.3) is 0 Å². The molecule has 0 spiro atoms. The van der Waals surface area contributed by atoms with Crippen molar-refractivity contribution < 1.29 is 4.79 Å². The molecule has 0 bridgehead atoms. The van der Waals surface area contributed by atoms with Gasteiger partial charge in [-0.2, -0.15) is 0 Å². The predicted octanol–water partition coefficient (Wildman–Crippen LogP) is 1.14. The summed E-state index contributed by atoms with van der Waals surface area (Å²) in [5.74, 6) is 0.383. The molecule has 0 aromatic carbocycles. The summed E-state index contributed by atoms with van der Waals surface area (Å²) in [7, 11) is 0. The number of hydrogen-bond donors (Lipinski definition) is 1. The number of carbonyl (C=O) groups excluding carboxylic acids is 1. The third-order valence-electron chi connectivity index (χ3n) is 4.76. The molecule has 3 fully saturated rings. The van der Waals surface area contributed by atoms with Crippen LogP contribution in [0.25, 0.3) is 0 Å². The minimum atomic E-state index is -0.138. The minimum absolute atomic E-state index is 0. The quantitative estimate of drug-likeness (QED) is 0.789. The van der Waals surface area contributed by atoms with Gasteiger partial charge in [0.1, 0.15) is 0 Å². The van der Waals surface area contributed by atoms with Crippen LogP contribution in [0.3, 0.4) is 0 Å². The number of nitrogens with zero attached hydrogens (tertiary/aromatic N) is 2. The summed E-state index contributed by atoms with van der Waals surface area (Å²) in [6, 6.07) is 0.644. The highest BCUT2D eigenvalue weighted by molar-refractivity contribution is 5.85. The second kappa shape index (κ2) is 6.61. The van der Waals surface area contributed by atoms with Crippen LogP contribution in [0.1, 0.15) is 26.2 Å². The number of nitrogens with one attached hydrogen (secondary N) is 1. The number of fused-ring (bicyclic) bond motifs is 1. The summed E-state index contributed by atoms with van der Waals surface area (Å²) >= 11 is 0. The van der Waals surface area contributed by atoms with Gasteiger partial charge in [-0.3, -0.25) is 9.69 Å². The van der Waals surface area contributed by atoms with Crippen LogP contribution in [0.15, 0.2) is 0 Å². The molecular weight excluding hydrogens is 285 g/mol. The van der Waals surface area contributed by atoms with E-state index in [1.54, 1.807) is 0 Å². The first kappa shape index (κ1) is 17.0. The Hall–Kier alpha value is -0.0300. The normalized spacial score (nSPS) is 34.4. The van der Waals surface area contributed by atoms with Crippen LogP contribution in [0.2, 0.25) is 0 Å². The van der Waals surface area contributed by atoms with Gasteiger partial charge in [-0.1, -0.05) is 0 Å². The van der Waals surface area contributed by atoms with Crippen LogP contribution in [0.4, 0.5) is 0 Å². The lowest BCUT2D eigenvalue weighted by Gasteiger charge is -2.40. The van der Waals surface area contributed by atoms with E-state index in [0.29, 0.717) is 11.9 Å². The number of halogens is 2. The van der Waals surface area contributed by atoms with Crippen molar-refractivity contribution in [3.63, 3.8) is 0 Å². The van der Waals surface area contributed by atoms with Crippen LogP contribution in [-0.2, 0) is 4.79 Å². The standard InChI is InChI=1S/C13H23N3O.2ClH/c1-13(4-5-14-10-13)12(17)16-8-7-15-6-2-3-11(15)9-16;;/h11,14H,2-10H2,1H3;2*1H. The van der Waals surface area contributed by atoms with E-state index in [9.17, 15) is 4.79 Å². The van der Waals surface area contributed by atoms with Crippen LogP contribution in [0, 0.1) is 5.41 Å². The van der Waals surface area contributed by atoms with Gasteiger partial charge >= 0.3 is 0 Å². The number of rotatable bonds is 1. The maximum absolute atomic E-state index is 12.6. The highest BCUT2D eigenvalue weighted by Gasteiger charge is 2.42. The fourth-order valence-corrected chi connectivity index (χ4v) is 3.56. The Morgan fingerprint density at radius 3 is 2.74 bits per heavy atom. The summed E-state index contributed by atoms with van der Waals surface area (Å²) in [5, 5.41) is 3.32. The van der Waals surface area contributed by atoms with Gasteiger partial charge in [0.2, 0.25) is 5.91 Å². The average Bonchev–Trinajstić information content (AvgIpc) is 2.96. The molecule has 0 aromatic rings. The number of piperazine rings is 1. The number of carbonyl (C=O) groups is 1. The van der Waals surface area contributed by atoms with E-state index in [4.69, 9.17) is 0 Å². The lowest BCUT2D eigenvalue weighted by atomic mass is 9.87. The first-order chi connectivity index (χ1) is 8.19. The third kappa shape index (κ3) is 3.18. The molecule has 0 radical (unpaired) electrons. The number of amides is 1. The molecule has 4 nitrogen and oxygen atoms in total. The molecule has 3 saturated heterocycles. The van der Waals surface area contributed by atoms with Crippen molar-refractivity contribution in [1.82, 2.24) is 15.1 Å². The lowest BCUT2D eigenvalue weighted by Crippen LogP contribution is -2.55. The van der Waals surface area contributed by atoms with Gasteiger partial charge in [-0.05, 0) is 39.3 Å². The first-order valence-electron chi connectivity index (χ1n) is 6.93. The maximum atomic E-state index is 12.6. The molecule has 6 heteroatoms. The molecule has 0 saturated carbocycles. The van der Waals surface area contributed by atoms with E-state index in [1.165, 1.54) is 19.4 Å².